The van der Waals surface area contributed by atoms with Gasteiger partial charge in [0.2, 0.25) is 11.6 Å². The van der Waals surface area contributed by atoms with Crippen LogP contribution >= 0.6 is 0 Å². The van der Waals surface area contributed by atoms with Crippen molar-refractivity contribution in [2.24, 2.45) is 0 Å². The summed E-state index contributed by atoms with van der Waals surface area (Å²) in [5.41, 5.74) is 2.27. The van der Waals surface area contributed by atoms with Crippen molar-refractivity contribution < 1.29 is 23.7 Å². The van der Waals surface area contributed by atoms with Crippen LogP contribution in [0, 0.1) is 11.8 Å². The third-order valence-electron chi connectivity index (χ3n) is 4.06. The van der Waals surface area contributed by atoms with Gasteiger partial charge in [-0.15, -0.1) is 0 Å². The van der Waals surface area contributed by atoms with E-state index in [2.05, 4.69) is 9.97 Å². The van der Waals surface area contributed by atoms with Crippen molar-refractivity contribution in [2.75, 3.05) is 12.4 Å². The molecule has 1 aliphatic rings. The fraction of sp³-hybridized carbons (Fsp3) is 0.467. The Balaban J connectivity index is 2.18. The number of nitrogens with zero attached hydrogens (tertiary/aromatic N) is 2. The minimum absolute atomic E-state index is 0.00812. The topological polar surface area (TPSA) is 126 Å². The molecule has 25 heavy (non-hydrogen) atoms. The Hall–Kier alpha value is -2.48. The molecule has 10 heteroatoms. The highest BCUT2D eigenvalue weighted by Gasteiger charge is 2.59. The standard InChI is InChI=1S/C15H16F2N4O4/c1-7(22)9-10(23)15(17,4-2-5-16)13(25-9)21-6-3-8-11(21)19-14(18)20-12(8)24/h3,6-7,9-10,13,22-23H,5H2,1H3,(H3,18,19,20,24)/t7-,9+,10?,13+,15+/m0/s1. The summed E-state index contributed by atoms with van der Waals surface area (Å²) in [4.78, 5) is 18.2. The van der Waals surface area contributed by atoms with E-state index < -0.39 is 42.4 Å². The van der Waals surface area contributed by atoms with Gasteiger partial charge in [0, 0.05) is 6.20 Å². The van der Waals surface area contributed by atoms with E-state index in [1.165, 1.54) is 19.2 Å². The minimum Gasteiger partial charge on any atom is -0.391 e. The molecule has 1 aliphatic heterocycles. The first-order valence-electron chi connectivity index (χ1n) is 7.42. The summed E-state index contributed by atoms with van der Waals surface area (Å²) in [6, 6.07) is 1.37. The van der Waals surface area contributed by atoms with Crippen LogP contribution in [0.3, 0.4) is 0 Å². The van der Waals surface area contributed by atoms with Crippen LogP contribution in [-0.2, 0) is 4.74 Å². The van der Waals surface area contributed by atoms with E-state index in [0.29, 0.717) is 0 Å². The van der Waals surface area contributed by atoms with Gasteiger partial charge in [-0.3, -0.25) is 9.78 Å². The number of hydrogen-bond donors (Lipinski definition) is 4. The number of aromatic amines is 1. The van der Waals surface area contributed by atoms with Gasteiger partial charge in [-0.1, -0.05) is 11.8 Å². The van der Waals surface area contributed by atoms with Gasteiger partial charge >= 0.3 is 0 Å². The molecule has 1 fully saturated rings. The number of nitrogens with two attached hydrogens (primary N) is 1. The fourth-order valence-corrected chi connectivity index (χ4v) is 2.91. The molecule has 5 N–H and O–H groups in total. The number of anilines is 1. The first-order valence-corrected chi connectivity index (χ1v) is 7.42. The Labute approximate surface area is 140 Å². The Morgan fingerprint density at radius 2 is 2.36 bits per heavy atom. The maximum atomic E-state index is 15.5. The number of aliphatic hydroxyl groups excluding tert-OH is 2. The van der Waals surface area contributed by atoms with Crippen molar-refractivity contribution in [1.82, 2.24) is 14.5 Å². The lowest BCUT2D eigenvalue weighted by atomic mass is 9.94. The number of aromatic nitrogens is 3. The summed E-state index contributed by atoms with van der Waals surface area (Å²) < 4.78 is 34.5. The van der Waals surface area contributed by atoms with Crippen LogP contribution in [0.4, 0.5) is 14.7 Å². The van der Waals surface area contributed by atoms with E-state index in [4.69, 9.17) is 10.5 Å². The van der Waals surface area contributed by atoms with E-state index >= 15 is 4.39 Å². The maximum absolute atomic E-state index is 15.5. The Morgan fingerprint density at radius 3 is 3.00 bits per heavy atom. The number of hydrogen-bond acceptors (Lipinski definition) is 6. The van der Waals surface area contributed by atoms with Crippen LogP contribution in [0.1, 0.15) is 13.2 Å². The molecule has 0 spiro atoms. The second-order valence-corrected chi connectivity index (χ2v) is 5.75. The van der Waals surface area contributed by atoms with Crippen LogP contribution in [0.5, 0.6) is 0 Å². The molecule has 2 aromatic rings. The summed E-state index contributed by atoms with van der Waals surface area (Å²) in [5, 5.41) is 20.1. The zero-order valence-corrected chi connectivity index (χ0v) is 13.1. The van der Waals surface area contributed by atoms with Crippen molar-refractivity contribution in [1.29, 1.82) is 0 Å². The normalized spacial score (nSPS) is 30.2. The second kappa shape index (κ2) is 6.11. The van der Waals surface area contributed by atoms with E-state index in [9.17, 15) is 19.4 Å². The van der Waals surface area contributed by atoms with Crippen LogP contribution in [0.25, 0.3) is 11.0 Å². The number of aliphatic hydroxyl groups is 2. The van der Waals surface area contributed by atoms with Crippen molar-refractivity contribution in [3.63, 3.8) is 0 Å². The zero-order chi connectivity index (χ0) is 18.4. The third-order valence-corrected chi connectivity index (χ3v) is 4.06. The predicted molar refractivity (Wildman–Crippen MR) is 84.0 cm³/mol. The summed E-state index contributed by atoms with van der Waals surface area (Å²) in [6.45, 7) is 0.190. The van der Waals surface area contributed by atoms with Crippen LogP contribution in [-0.4, -0.2) is 55.4 Å². The number of alkyl halides is 2. The van der Waals surface area contributed by atoms with Gasteiger partial charge in [0.05, 0.1) is 11.5 Å². The lowest BCUT2D eigenvalue weighted by Crippen LogP contribution is -2.44. The molecule has 3 heterocycles. The summed E-state index contributed by atoms with van der Waals surface area (Å²) in [7, 11) is 0. The molecule has 2 aromatic heterocycles. The highest BCUT2D eigenvalue weighted by atomic mass is 19.1. The number of rotatable bonds is 2. The summed E-state index contributed by atoms with van der Waals surface area (Å²) in [5.74, 6) is 3.78. The number of fused-ring (bicyclic) bond motifs is 1. The van der Waals surface area contributed by atoms with Crippen LogP contribution in [0.2, 0.25) is 0 Å². The van der Waals surface area contributed by atoms with Gasteiger partial charge in [0.25, 0.3) is 5.56 Å². The van der Waals surface area contributed by atoms with Crippen molar-refractivity contribution >= 4 is 17.0 Å². The van der Waals surface area contributed by atoms with Crippen molar-refractivity contribution in [3.8, 4) is 11.8 Å². The quantitative estimate of drug-likeness (QED) is 0.545. The molecule has 0 aliphatic carbocycles. The number of ether oxygens (including phenoxy) is 1. The molecule has 0 aromatic carbocycles. The van der Waals surface area contributed by atoms with E-state index in [1.807, 2.05) is 11.8 Å². The Bertz CT molecular complexity index is 916. The van der Waals surface area contributed by atoms with Crippen LogP contribution in [0.15, 0.2) is 17.1 Å². The molecule has 134 valence electrons. The highest BCUT2D eigenvalue weighted by Crippen LogP contribution is 2.43. The van der Waals surface area contributed by atoms with Gasteiger partial charge in [0.15, 0.2) is 11.9 Å². The molecule has 3 rings (SSSR count). The predicted octanol–water partition coefficient (Wildman–Crippen LogP) is -0.373. The lowest BCUT2D eigenvalue weighted by Gasteiger charge is -2.24. The van der Waals surface area contributed by atoms with Gasteiger partial charge in [-0.2, -0.15) is 4.98 Å². The molecular weight excluding hydrogens is 338 g/mol. The number of halogens is 2. The van der Waals surface area contributed by atoms with Gasteiger partial charge in [-0.25, -0.2) is 8.78 Å². The molecule has 1 saturated heterocycles. The molecule has 8 nitrogen and oxygen atoms in total. The highest BCUT2D eigenvalue weighted by molar-refractivity contribution is 5.76. The van der Waals surface area contributed by atoms with Crippen LogP contribution < -0.4 is 11.3 Å². The Kier molecular flexibility index (Phi) is 4.24. The molecule has 5 atom stereocenters. The second-order valence-electron chi connectivity index (χ2n) is 5.75. The smallest absolute Gasteiger partial charge is 0.261 e. The molecule has 0 bridgehead atoms. The number of nitrogen functional groups attached to an aromatic ring is 1. The van der Waals surface area contributed by atoms with Gasteiger partial charge in [-0.05, 0) is 13.0 Å². The van der Waals surface area contributed by atoms with Crippen molar-refractivity contribution in [3.05, 3.63) is 22.6 Å². The average Bonchev–Trinajstić information content (AvgIpc) is 3.06. The molecule has 0 radical (unpaired) electrons. The van der Waals surface area contributed by atoms with Gasteiger partial charge in [0.1, 0.15) is 18.9 Å². The molecular formula is C15H16F2N4O4. The van der Waals surface area contributed by atoms with Crippen molar-refractivity contribution in [2.45, 2.75) is 37.1 Å². The zero-order valence-electron chi connectivity index (χ0n) is 13.1. The molecule has 0 amide bonds. The summed E-state index contributed by atoms with van der Waals surface area (Å²) in [6.07, 6.45) is -4.61. The number of nitrogens with one attached hydrogen (secondary N) is 1. The summed E-state index contributed by atoms with van der Waals surface area (Å²) >= 11 is 0. The van der Waals surface area contributed by atoms with E-state index in [1.54, 1.807) is 0 Å². The lowest BCUT2D eigenvalue weighted by molar-refractivity contribution is -0.0775. The Morgan fingerprint density at radius 1 is 1.64 bits per heavy atom. The maximum Gasteiger partial charge on any atom is 0.261 e. The molecule has 0 saturated carbocycles. The SMILES string of the molecule is C[C@H](O)[C@H]1O[C@@H](n2ccc3c(=O)[nH]c(N)nc32)[C@@](F)(C#CCF)C1O. The monoisotopic (exact) mass is 354 g/mol. The molecule has 1 unspecified atom stereocenters. The average molecular weight is 354 g/mol. The van der Waals surface area contributed by atoms with E-state index in [0.717, 1.165) is 4.57 Å². The first-order chi connectivity index (χ1) is 11.8. The largest absolute Gasteiger partial charge is 0.391 e. The first kappa shape index (κ1) is 17.3. The number of H-pyrrole nitrogens is 1. The van der Waals surface area contributed by atoms with E-state index in [-0.39, 0.29) is 17.0 Å². The van der Waals surface area contributed by atoms with Gasteiger partial charge < -0.3 is 25.3 Å². The third kappa shape index (κ3) is 2.66. The minimum atomic E-state index is -2.72. The fourth-order valence-electron chi connectivity index (χ4n) is 2.91.